The third-order valence-corrected chi connectivity index (χ3v) is 8.47. The van der Waals surface area contributed by atoms with Crippen LogP contribution in [-0.4, -0.2) is 28.7 Å². The predicted octanol–water partition coefficient (Wildman–Crippen LogP) is 2.76. The van der Waals surface area contributed by atoms with E-state index in [0.717, 1.165) is 16.1 Å². The summed E-state index contributed by atoms with van der Waals surface area (Å²) in [6.07, 6.45) is 0.0884. The average molecular weight is 439 g/mol. The number of cyclic esters (lactones) is 1. The van der Waals surface area contributed by atoms with E-state index >= 15 is 0 Å². The standard InChI is InChI=1S/C23H23FN2O4Si/c1-5-23(29)16-9-18-19-14(10-26(18)21(27)15(16)11-30-22(23)28)20(31(2,3)4)13-7-6-12(24)8-17(13)25-19/h6-9,29H,5,10-11H2,1-4H3/t23-/m0/s1. The zero-order valence-electron chi connectivity index (χ0n) is 17.9. The van der Waals surface area contributed by atoms with Gasteiger partial charge in [0.05, 0.1) is 37.1 Å². The smallest absolute Gasteiger partial charge is 0.343 e. The molecule has 8 heteroatoms. The van der Waals surface area contributed by atoms with E-state index in [0.29, 0.717) is 29.0 Å². The number of ether oxygens (including phenoxy) is 1. The third-order valence-electron chi connectivity index (χ3n) is 6.40. The first kappa shape index (κ1) is 20.1. The fourth-order valence-electron chi connectivity index (χ4n) is 4.91. The molecule has 160 valence electrons. The number of halogens is 1. The molecule has 3 aromatic rings. The molecule has 0 aliphatic carbocycles. The van der Waals surface area contributed by atoms with Crippen molar-refractivity contribution in [2.24, 2.45) is 0 Å². The van der Waals surface area contributed by atoms with Gasteiger partial charge in [0, 0.05) is 11.6 Å². The van der Waals surface area contributed by atoms with Crippen molar-refractivity contribution >= 4 is 30.1 Å². The van der Waals surface area contributed by atoms with Crippen LogP contribution >= 0.6 is 0 Å². The van der Waals surface area contributed by atoms with Crippen molar-refractivity contribution in [2.45, 2.75) is 51.7 Å². The monoisotopic (exact) mass is 438 g/mol. The number of benzene rings is 1. The maximum Gasteiger partial charge on any atom is 0.343 e. The number of carbonyl (C=O) groups is 1. The molecule has 4 heterocycles. The molecule has 0 bridgehead atoms. The van der Waals surface area contributed by atoms with Crippen molar-refractivity contribution in [3.8, 4) is 11.4 Å². The largest absolute Gasteiger partial charge is 0.458 e. The molecule has 2 aliphatic heterocycles. The molecule has 0 saturated heterocycles. The lowest BCUT2D eigenvalue weighted by Crippen LogP contribution is -2.44. The number of pyridine rings is 2. The highest BCUT2D eigenvalue weighted by Gasteiger charge is 2.45. The molecule has 1 aromatic carbocycles. The fraction of sp³-hybridized carbons (Fsp3) is 0.348. The normalized spacial score (nSPS) is 19.7. The Morgan fingerprint density at radius 2 is 1.97 bits per heavy atom. The molecule has 2 aromatic heterocycles. The summed E-state index contributed by atoms with van der Waals surface area (Å²) in [6.45, 7) is 8.51. The van der Waals surface area contributed by atoms with Gasteiger partial charge in [0.1, 0.15) is 12.4 Å². The summed E-state index contributed by atoms with van der Waals surface area (Å²) in [5.74, 6) is -1.12. The maximum atomic E-state index is 14.0. The average Bonchev–Trinajstić information content (AvgIpc) is 3.06. The Morgan fingerprint density at radius 3 is 2.65 bits per heavy atom. The highest BCUT2D eigenvalue weighted by atomic mass is 28.3. The molecule has 0 unspecified atom stereocenters. The van der Waals surface area contributed by atoms with Crippen molar-refractivity contribution in [3.63, 3.8) is 0 Å². The van der Waals surface area contributed by atoms with E-state index in [4.69, 9.17) is 9.72 Å². The number of hydrogen-bond acceptors (Lipinski definition) is 5. The molecule has 0 spiro atoms. The van der Waals surface area contributed by atoms with Crippen LogP contribution in [0.4, 0.5) is 4.39 Å². The molecule has 5 rings (SSSR count). The first-order valence-electron chi connectivity index (χ1n) is 10.4. The molecular weight excluding hydrogens is 415 g/mol. The number of hydrogen-bond donors (Lipinski definition) is 1. The van der Waals surface area contributed by atoms with E-state index < -0.39 is 19.6 Å². The van der Waals surface area contributed by atoms with Gasteiger partial charge in [-0.15, -0.1) is 0 Å². The highest BCUT2D eigenvalue weighted by Crippen LogP contribution is 2.38. The summed E-state index contributed by atoms with van der Waals surface area (Å²) in [4.78, 5) is 30.4. The zero-order chi connectivity index (χ0) is 22.3. The summed E-state index contributed by atoms with van der Waals surface area (Å²) in [5.41, 5.74) is 1.09. The summed E-state index contributed by atoms with van der Waals surface area (Å²) < 4.78 is 20.8. The molecule has 1 N–H and O–H groups in total. The van der Waals surface area contributed by atoms with Gasteiger partial charge in [0.2, 0.25) is 0 Å². The number of aromatic nitrogens is 2. The van der Waals surface area contributed by atoms with Gasteiger partial charge >= 0.3 is 5.97 Å². The number of fused-ring (bicyclic) bond motifs is 5. The number of carbonyl (C=O) groups excluding carboxylic acids is 1. The van der Waals surface area contributed by atoms with Gasteiger partial charge in [0.15, 0.2) is 5.60 Å². The summed E-state index contributed by atoms with van der Waals surface area (Å²) >= 11 is 0. The SMILES string of the molecule is CC[C@@]1(O)C(=O)OCc2c1cc1n(c2=O)Cc2c-1nc1cc(F)ccc1c2[Si](C)(C)C. The van der Waals surface area contributed by atoms with Crippen LogP contribution in [0.15, 0.2) is 29.1 Å². The Balaban J connectivity index is 1.88. The van der Waals surface area contributed by atoms with E-state index in [1.54, 1.807) is 23.6 Å². The molecule has 0 radical (unpaired) electrons. The summed E-state index contributed by atoms with van der Waals surface area (Å²) in [6, 6.07) is 6.32. The number of esters is 1. The van der Waals surface area contributed by atoms with Crippen LogP contribution in [0, 0.1) is 5.82 Å². The van der Waals surface area contributed by atoms with Crippen LogP contribution in [0.2, 0.25) is 19.6 Å². The van der Waals surface area contributed by atoms with Gasteiger partial charge in [-0.2, -0.15) is 0 Å². The Morgan fingerprint density at radius 1 is 1.23 bits per heavy atom. The van der Waals surface area contributed by atoms with Crippen molar-refractivity contribution in [1.29, 1.82) is 0 Å². The lowest BCUT2D eigenvalue weighted by Gasteiger charge is -2.31. The molecule has 31 heavy (non-hydrogen) atoms. The zero-order valence-corrected chi connectivity index (χ0v) is 18.9. The molecule has 1 atom stereocenters. The minimum Gasteiger partial charge on any atom is -0.458 e. The molecule has 0 amide bonds. The number of aliphatic hydroxyl groups is 1. The fourth-order valence-corrected chi connectivity index (χ4v) is 7.03. The molecule has 0 saturated carbocycles. The van der Waals surface area contributed by atoms with Crippen LogP contribution in [-0.2, 0) is 28.3 Å². The third kappa shape index (κ3) is 2.67. The van der Waals surface area contributed by atoms with E-state index in [-0.39, 0.29) is 30.0 Å². The first-order chi connectivity index (χ1) is 14.6. The molecular formula is C23H23FN2O4Si. The number of nitrogens with zero attached hydrogens (tertiary/aromatic N) is 2. The second kappa shape index (κ2) is 6.33. The lowest BCUT2D eigenvalue weighted by atomic mass is 9.86. The van der Waals surface area contributed by atoms with Crippen LogP contribution in [0.5, 0.6) is 0 Å². The number of rotatable bonds is 2. The Hall–Kier alpha value is -2.84. The summed E-state index contributed by atoms with van der Waals surface area (Å²) in [5, 5.41) is 13.1. The topological polar surface area (TPSA) is 81.4 Å². The van der Waals surface area contributed by atoms with Crippen molar-refractivity contribution in [3.05, 3.63) is 57.1 Å². The van der Waals surface area contributed by atoms with Crippen molar-refractivity contribution in [2.75, 3.05) is 0 Å². The second-order valence-electron chi connectivity index (χ2n) is 9.33. The Kier molecular flexibility index (Phi) is 4.10. The van der Waals surface area contributed by atoms with E-state index in [9.17, 15) is 19.1 Å². The molecule has 0 fully saturated rings. The minimum atomic E-state index is -1.91. The van der Waals surface area contributed by atoms with Gasteiger partial charge in [-0.1, -0.05) is 32.6 Å². The van der Waals surface area contributed by atoms with Crippen LogP contribution < -0.4 is 10.7 Å². The quantitative estimate of drug-likeness (QED) is 0.385. The maximum absolute atomic E-state index is 14.0. The minimum absolute atomic E-state index is 0.0884. The predicted molar refractivity (Wildman–Crippen MR) is 117 cm³/mol. The van der Waals surface area contributed by atoms with Gasteiger partial charge in [0.25, 0.3) is 5.56 Å². The van der Waals surface area contributed by atoms with Gasteiger partial charge in [-0.25, -0.2) is 14.2 Å². The van der Waals surface area contributed by atoms with Gasteiger partial charge in [-0.05, 0) is 34.7 Å². The first-order valence-corrected chi connectivity index (χ1v) is 13.9. The van der Waals surface area contributed by atoms with E-state index in [1.807, 2.05) is 0 Å². The van der Waals surface area contributed by atoms with Crippen LogP contribution in [0.3, 0.4) is 0 Å². The Bertz CT molecular complexity index is 1360. The summed E-state index contributed by atoms with van der Waals surface area (Å²) in [7, 11) is -1.91. The molecule has 6 nitrogen and oxygen atoms in total. The van der Waals surface area contributed by atoms with Gasteiger partial charge < -0.3 is 14.4 Å². The highest BCUT2D eigenvalue weighted by molar-refractivity contribution is 6.90. The van der Waals surface area contributed by atoms with E-state index in [1.165, 1.54) is 12.1 Å². The van der Waals surface area contributed by atoms with Crippen molar-refractivity contribution < 1.29 is 19.0 Å². The van der Waals surface area contributed by atoms with Crippen LogP contribution in [0.1, 0.15) is 30.0 Å². The van der Waals surface area contributed by atoms with Crippen molar-refractivity contribution in [1.82, 2.24) is 9.55 Å². The molecule has 2 aliphatic rings. The van der Waals surface area contributed by atoms with Gasteiger partial charge in [-0.3, -0.25) is 4.79 Å². The van der Waals surface area contributed by atoms with E-state index in [2.05, 4.69) is 19.6 Å². The Labute approximate surface area is 179 Å². The van der Waals surface area contributed by atoms with Crippen LogP contribution in [0.25, 0.3) is 22.3 Å². The lowest BCUT2D eigenvalue weighted by molar-refractivity contribution is -0.172. The second-order valence-corrected chi connectivity index (χ2v) is 14.3.